The summed E-state index contributed by atoms with van der Waals surface area (Å²) in [6.07, 6.45) is 11.6. The van der Waals surface area contributed by atoms with Crippen molar-refractivity contribution in [1.29, 1.82) is 0 Å². The SMILES string of the molecule is CC(C)(C)C1CCC(c2ccccc2N2CCN(CC(=O)N3CCCCCCC3)CC2)CC1.Cl. The van der Waals surface area contributed by atoms with Crippen LogP contribution in [-0.4, -0.2) is 61.5 Å². The molecule has 4 rings (SSSR count). The van der Waals surface area contributed by atoms with Crippen molar-refractivity contribution in [3.05, 3.63) is 29.8 Å². The Bertz CT molecular complexity index is 753. The minimum Gasteiger partial charge on any atom is -0.369 e. The van der Waals surface area contributed by atoms with E-state index in [0.717, 1.165) is 45.2 Å². The largest absolute Gasteiger partial charge is 0.369 e. The fourth-order valence-electron chi connectivity index (χ4n) is 6.33. The fraction of sp³-hybridized carbons (Fsp3) is 0.759. The number of nitrogens with zero attached hydrogens (tertiary/aromatic N) is 3. The Hall–Kier alpha value is -1.26. The highest BCUT2D eigenvalue weighted by atomic mass is 35.5. The number of carbonyl (C=O) groups excluding carboxylic acids is 1. The minimum atomic E-state index is 0. The van der Waals surface area contributed by atoms with E-state index in [4.69, 9.17) is 0 Å². The van der Waals surface area contributed by atoms with Crippen molar-refractivity contribution in [3.63, 3.8) is 0 Å². The van der Waals surface area contributed by atoms with Crippen LogP contribution in [0.5, 0.6) is 0 Å². The lowest BCUT2D eigenvalue weighted by atomic mass is 9.68. The number of carbonyl (C=O) groups is 1. The number of likely N-dealkylation sites (tertiary alicyclic amines) is 1. The molecule has 0 aromatic heterocycles. The Kier molecular flexibility index (Phi) is 10.1. The van der Waals surface area contributed by atoms with Gasteiger partial charge in [0.15, 0.2) is 0 Å². The van der Waals surface area contributed by atoms with Crippen LogP contribution in [0.15, 0.2) is 24.3 Å². The number of anilines is 1. The summed E-state index contributed by atoms with van der Waals surface area (Å²) in [6.45, 7) is 13.8. The molecule has 1 amide bonds. The van der Waals surface area contributed by atoms with Crippen LogP contribution in [0.2, 0.25) is 0 Å². The maximum Gasteiger partial charge on any atom is 0.236 e. The Labute approximate surface area is 214 Å². The van der Waals surface area contributed by atoms with Crippen molar-refractivity contribution in [2.45, 2.75) is 84.5 Å². The molecular weight excluding hydrogens is 442 g/mol. The number of para-hydroxylation sites is 1. The lowest BCUT2D eigenvalue weighted by Crippen LogP contribution is -2.50. The molecule has 0 atom stereocenters. The van der Waals surface area contributed by atoms with Crippen molar-refractivity contribution in [1.82, 2.24) is 9.80 Å². The summed E-state index contributed by atoms with van der Waals surface area (Å²) in [6, 6.07) is 9.16. The van der Waals surface area contributed by atoms with Gasteiger partial charge in [0.05, 0.1) is 6.54 Å². The third-order valence-electron chi connectivity index (χ3n) is 8.61. The van der Waals surface area contributed by atoms with Gasteiger partial charge in [-0.25, -0.2) is 0 Å². The zero-order valence-electron chi connectivity index (χ0n) is 21.9. The van der Waals surface area contributed by atoms with Crippen LogP contribution in [0.25, 0.3) is 0 Å². The Morgan fingerprint density at radius 1 is 0.824 bits per heavy atom. The average Bonchev–Trinajstić information content (AvgIpc) is 2.79. The van der Waals surface area contributed by atoms with E-state index in [9.17, 15) is 4.79 Å². The molecular formula is C29H48ClN3O. The maximum absolute atomic E-state index is 12.9. The summed E-state index contributed by atoms with van der Waals surface area (Å²) in [5.74, 6) is 1.91. The summed E-state index contributed by atoms with van der Waals surface area (Å²) in [4.78, 5) is 20.0. The predicted octanol–water partition coefficient (Wildman–Crippen LogP) is 6.34. The maximum atomic E-state index is 12.9. The second kappa shape index (κ2) is 12.6. The molecule has 192 valence electrons. The highest BCUT2D eigenvalue weighted by molar-refractivity contribution is 5.85. The zero-order chi connectivity index (χ0) is 23.3. The van der Waals surface area contributed by atoms with Crippen LogP contribution in [-0.2, 0) is 4.79 Å². The van der Waals surface area contributed by atoms with Crippen molar-refractivity contribution < 1.29 is 4.79 Å². The average molecular weight is 490 g/mol. The van der Waals surface area contributed by atoms with Crippen molar-refractivity contribution >= 4 is 24.0 Å². The Balaban J connectivity index is 0.00000324. The molecule has 34 heavy (non-hydrogen) atoms. The van der Waals surface area contributed by atoms with E-state index >= 15 is 0 Å². The second-order valence-electron chi connectivity index (χ2n) is 11.9. The van der Waals surface area contributed by atoms with E-state index in [1.54, 1.807) is 5.56 Å². The number of hydrogen-bond donors (Lipinski definition) is 0. The van der Waals surface area contributed by atoms with Crippen molar-refractivity contribution in [2.75, 3.05) is 50.7 Å². The first-order valence-corrected chi connectivity index (χ1v) is 13.8. The molecule has 0 radical (unpaired) electrons. The van der Waals surface area contributed by atoms with E-state index in [-0.39, 0.29) is 12.4 Å². The summed E-state index contributed by atoms with van der Waals surface area (Å²) in [7, 11) is 0. The Morgan fingerprint density at radius 3 is 2.03 bits per heavy atom. The van der Waals surface area contributed by atoms with Gasteiger partial charge in [-0.05, 0) is 67.4 Å². The predicted molar refractivity (Wildman–Crippen MR) is 146 cm³/mol. The minimum absolute atomic E-state index is 0. The summed E-state index contributed by atoms with van der Waals surface area (Å²) in [5.41, 5.74) is 3.45. The molecule has 0 bridgehead atoms. The smallest absolute Gasteiger partial charge is 0.236 e. The molecule has 3 fully saturated rings. The molecule has 0 N–H and O–H groups in total. The van der Waals surface area contributed by atoms with Gasteiger partial charge in [0, 0.05) is 45.0 Å². The van der Waals surface area contributed by atoms with Gasteiger partial charge in [0.25, 0.3) is 0 Å². The van der Waals surface area contributed by atoms with Gasteiger partial charge < -0.3 is 9.80 Å². The van der Waals surface area contributed by atoms with Crippen LogP contribution >= 0.6 is 12.4 Å². The highest BCUT2D eigenvalue weighted by Gasteiger charge is 2.32. The van der Waals surface area contributed by atoms with E-state index in [0.29, 0.717) is 23.8 Å². The normalized spacial score (nSPS) is 25.3. The number of benzene rings is 1. The van der Waals surface area contributed by atoms with Crippen LogP contribution in [0.3, 0.4) is 0 Å². The molecule has 2 saturated heterocycles. The lowest BCUT2D eigenvalue weighted by molar-refractivity contribution is -0.132. The Morgan fingerprint density at radius 2 is 1.41 bits per heavy atom. The highest BCUT2D eigenvalue weighted by Crippen LogP contribution is 2.45. The van der Waals surface area contributed by atoms with E-state index in [2.05, 4.69) is 59.7 Å². The lowest BCUT2D eigenvalue weighted by Gasteiger charge is -2.40. The number of hydrogen-bond acceptors (Lipinski definition) is 3. The fourth-order valence-corrected chi connectivity index (χ4v) is 6.33. The monoisotopic (exact) mass is 489 g/mol. The van der Waals surface area contributed by atoms with Gasteiger partial charge in [0.2, 0.25) is 5.91 Å². The number of piperazine rings is 1. The van der Waals surface area contributed by atoms with Gasteiger partial charge in [-0.15, -0.1) is 12.4 Å². The number of amides is 1. The molecule has 4 nitrogen and oxygen atoms in total. The first-order chi connectivity index (χ1) is 15.9. The summed E-state index contributed by atoms with van der Waals surface area (Å²) < 4.78 is 0. The first-order valence-electron chi connectivity index (χ1n) is 13.8. The molecule has 1 saturated carbocycles. The van der Waals surface area contributed by atoms with E-state index in [1.807, 2.05) is 0 Å². The topological polar surface area (TPSA) is 26.8 Å². The third-order valence-corrected chi connectivity index (χ3v) is 8.61. The van der Waals surface area contributed by atoms with Gasteiger partial charge in [-0.2, -0.15) is 0 Å². The van der Waals surface area contributed by atoms with Gasteiger partial charge in [0.1, 0.15) is 0 Å². The molecule has 3 aliphatic rings. The third kappa shape index (κ3) is 7.13. The van der Waals surface area contributed by atoms with Crippen LogP contribution in [0.4, 0.5) is 5.69 Å². The second-order valence-corrected chi connectivity index (χ2v) is 11.9. The van der Waals surface area contributed by atoms with Gasteiger partial charge in [-0.1, -0.05) is 58.2 Å². The van der Waals surface area contributed by atoms with E-state index < -0.39 is 0 Å². The van der Waals surface area contributed by atoms with Crippen LogP contribution < -0.4 is 4.90 Å². The molecule has 5 heteroatoms. The standard InChI is InChI=1S/C29H47N3O.ClH/c1-29(2,3)25-15-13-24(14-16-25)26-11-7-8-12-27(26)31-21-19-30(20-22-31)23-28(33)32-17-9-5-4-6-10-18-32;/h7-8,11-12,24-25H,4-6,9-10,13-23H2,1-3H3;1H. The summed E-state index contributed by atoms with van der Waals surface area (Å²) in [5, 5.41) is 0. The molecule has 0 unspecified atom stereocenters. The van der Waals surface area contributed by atoms with Crippen molar-refractivity contribution in [2.24, 2.45) is 11.3 Å². The number of rotatable bonds is 4. The van der Waals surface area contributed by atoms with E-state index in [1.165, 1.54) is 63.5 Å². The first kappa shape index (κ1) is 27.3. The molecule has 1 aliphatic carbocycles. The quantitative estimate of drug-likeness (QED) is 0.493. The number of halogens is 1. The molecule has 0 spiro atoms. The van der Waals surface area contributed by atoms with Crippen molar-refractivity contribution in [3.8, 4) is 0 Å². The van der Waals surface area contributed by atoms with Crippen LogP contribution in [0.1, 0.15) is 90.0 Å². The molecule has 1 aromatic carbocycles. The zero-order valence-corrected chi connectivity index (χ0v) is 22.8. The van der Waals surface area contributed by atoms with Crippen LogP contribution in [0, 0.1) is 11.3 Å². The van der Waals surface area contributed by atoms with Gasteiger partial charge in [-0.3, -0.25) is 9.69 Å². The molecule has 2 heterocycles. The molecule has 1 aromatic rings. The van der Waals surface area contributed by atoms with Gasteiger partial charge >= 0.3 is 0 Å². The summed E-state index contributed by atoms with van der Waals surface area (Å²) >= 11 is 0. The molecule has 2 aliphatic heterocycles.